The van der Waals surface area contributed by atoms with Gasteiger partial charge in [-0.25, -0.2) is 17.1 Å². The minimum absolute atomic E-state index is 0.0139. The Kier molecular flexibility index (Phi) is 6.35. The van der Waals surface area contributed by atoms with E-state index in [0.29, 0.717) is 20.6 Å². The van der Waals surface area contributed by atoms with Gasteiger partial charge in [0, 0.05) is 27.7 Å². The highest BCUT2D eigenvalue weighted by atomic mass is 35.5. The molecule has 0 aliphatic carbocycles. The van der Waals surface area contributed by atoms with E-state index in [-0.39, 0.29) is 17.1 Å². The van der Waals surface area contributed by atoms with Gasteiger partial charge in [-0.1, -0.05) is 23.2 Å². The molecule has 1 N–H and O–H groups in total. The Morgan fingerprint density at radius 2 is 1.80 bits per heavy atom. The summed E-state index contributed by atoms with van der Waals surface area (Å²) < 4.78 is 45.8. The Balaban J connectivity index is 2.09. The number of carbonyl (C=O) groups is 2. The highest BCUT2D eigenvalue weighted by Gasteiger charge is 2.37. The summed E-state index contributed by atoms with van der Waals surface area (Å²) in [6, 6.07) is 7.60. The van der Waals surface area contributed by atoms with E-state index >= 15 is 0 Å². The summed E-state index contributed by atoms with van der Waals surface area (Å²) in [5.74, 6) is -2.46. The second kappa shape index (κ2) is 8.63. The first-order valence-corrected chi connectivity index (χ1v) is 10.7. The average Bonchev–Trinajstić information content (AvgIpc) is 2.81. The van der Waals surface area contributed by atoms with E-state index in [2.05, 4.69) is 5.32 Å². The molecule has 158 valence electrons. The summed E-state index contributed by atoms with van der Waals surface area (Å²) in [5.41, 5.74) is 0.346. The first-order chi connectivity index (χ1) is 14.1. The van der Waals surface area contributed by atoms with Crippen LogP contribution in [0.15, 0.2) is 46.9 Å². The summed E-state index contributed by atoms with van der Waals surface area (Å²) in [7, 11) is -3.25. The van der Waals surface area contributed by atoms with Gasteiger partial charge in [0.05, 0.1) is 7.11 Å². The minimum Gasteiger partial charge on any atom is -0.496 e. The number of nitrogens with one attached hydrogen (secondary N) is 1. The SMILES string of the molecule is COc1ccc(Cl)cc1/C=C1\CNC(=O)CN(S(=O)(=O)c2ccc(Cl)cc2F)C1=O. The molecule has 30 heavy (non-hydrogen) atoms. The fourth-order valence-electron chi connectivity index (χ4n) is 2.80. The predicted octanol–water partition coefficient (Wildman–Crippen LogP) is 2.87. The lowest BCUT2D eigenvalue weighted by molar-refractivity contribution is -0.127. The molecule has 7 nitrogen and oxygen atoms in total. The third-order valence-electron chi connectivity index (χ3n) is 4.25. The Bertz CT molecular complexity index is 1170. The Morgan fingerprint density at radius 1 is 1.13 bits per heavy atom. The second-order valence-electron chi connectivity index (χ2n) is 6.22. The van der Waals surface area contributed by atoms with Crippen molar-refractivity contribution in [1.82, 2.24) is 9.62 Å². The monoisotopic (exact) mass is 472 g/mol. The van der Waals surface area contributed by atoms with Crippen LogP contribution >= 0.6 is 23.2 Å². The topological polar surface area (TPSA) is 92.8 Å². The van der Waals surface area contributed by atoms with Crippen molar-refractivity contribution in [3.63, 3.8) is 0 Å². The maximum atomic E-state index is 14.3. The van der Waals surface area contributed by atoms with Crippen LogP contribution in [0.3, 0.4) is 0 Å². The number of carbonyl (C=O) groups excluding carboxylic acids is 2. The zero-order valence-electron chi connectivity index (χ0n) is 15.5. The molecule has 1 aliphatic heterocycles. The molecule has 3 rings (SSSR count). The molecule has 2 amide bonds. The highest BCUT2D eigenvalue weighted by molar-refractivity contribution is 7.89. The Hall–Kier alpha value is -2.62. The van der Waals surface area contributed by atoms with Crippen LogP contribution in [0.1, 0.15) is 5.56 Å². The molecule has 0 aromatic heterocycles. The van der Waals surface area contributed by atoms with Crippen molar-refractivity contribution >= 4 is 51.1 Å². The van der Waals surface area contributed by atoms with Gasteiger partial charge in [-0.05, 0) is 42.5 Å². The van der Waals surface area contributed by atoms with Crippen LogP contribution in [-0.4, -0.2) is 44.7 Å². The number of hydrogen-bond donors (Lipinski definition) is 1. The van der Waals surface area contributed by atoms with Crippen molar-refractivity contribution in [3.8, 4) is 5.75 Å². The number of ether oxygens (including phenoxy) is 1. The van der Waals surface area contributed by atoms with Gasteiger partial charge in [0.2, 0.25) is 5.91 Å². The molecule has 11 heteroatoms. The number of amides is 2. The fraction of sp³-hybridized carbons (Fsp3) is 0.158. The summed E-state index contributed by atoms with van der Waals surface area (Å²) in [5, 5.41) is 2.80. The molecule has 1 saturated heterocycles. The van der Waals surface area contributed by atoms with E-state index < -0.39 is 39.1 Å². The first-order valence-electron chi connectivity index (χ1n) is 8.46. The molecule has 0 saturated carbocycles. The van der Waals surface area contributed by atoms with Gasteiger partial charge in [0.25, 0.3) is 15.9 Å². The summed E-state index contributed by atoms with van der Waals surface area (Å²) >= 11 is 11.7. The van der Waals surface area contributed by atoms with Gasteiger partial charge in [-0.3, -0.25) is 9.59 Å². The molecule has 0 spiro atoms. The number of methoxy groups -OCH3 is 1. The Labute approximate surface area is 182 Å². The maximum Gasteiger partial charge on any atom is 0.270 e. The van der Waals surface area contributed by atoms with Gasteiger partial charge in [0.15, 0.2) is 0 Å². The van der Waals surface area contributed by atoms with Crippen molar-refractivity contribution in [2.45, 2.75) is 4.90 Å². The molecule has 2 aromatic rings. The number of nitrogens with zero attached hydrogens (tertiary/aromatic N) is 1. The number of halogens is 3. The molecular weight excluding hydrogens is 458 g/mol. The van der Waals surface area contributed by atoms with Crippen molar-refractivity contribution in [2.75, 3.05) is 20.2 Å². The van der Waals surface area contributed by atoms with E-state index in [1.807, 2.05) is 0 Å². The molecule has 0 atom stereocenters. The van der Waals surface area contributed by atoms with Crippen molar-refractivity contribution < 1.29 is 27.1 Å². The molecule has 2 aromatic carbocycles. The van der Waals surface area contributed by atoms with E-state index in [9.17, 15) is 22.4 Å². The lowest BCUT2D eigenvalue weighted by Gasteiger charge is -2.20. The molecule has 1 heterocycles. The molecule has 0 radical (unpaired) electrons. The smallest absolute Gasteiger partial charge is 0.270 e. The lowest BCUT2D eigenvalue weighted by atomic mass is 10.1. The van der Waals surface area contributed by atoms with Gasteiger partial charge in [-0.2, -0.15) is 0 Å². The summed E-state index contributed by atoms with van der Waals surface area (Å²) in [4.78, 5) is 24.3. The Morgan fingerprint density at radius 3 is 2.47 bits per heavy atom. The molecule has 1 fully saturated rings. The van der Waals surface area contributed by atoms with Gasteiger partial charge in [0.1, 0.15) is 23.0 Å². The third-order valence-corrected chi connectivity index (χ3v) is 6.48. The molecular formula is C19H15Cl2FN2O5S. The largest absolute Gasteiger partial charge is 0.496 e. The van der Waals surface area contributed by atoms with Gasteiger partial charge < -0.3 is 10.1 Å². The average molecular weight is 473 g/mol. The van der Waals surface area contributed by atoms with Crippen LogP contribution in [0.25, 0.3) is 6.08 Å². The number of rotatable bonds is 4. The number of sulfonamides is 1. The third kappa shape index (κ3) is 4.43. The maximum absolute atomic E-state index is 14.3. The van der Waals surface area contributed by atoms with E-state index in [4.69, 9.17) is 27.9 Å². The standard InChI is InChI=1S/C19H15Cl2FN2O5S/c1-29-16-4-2-13(20)7-11(16)6-12-9-23-18(25)10-24(19(12)26)30(27,28)17-5-3-14(21)8-15(17)22/h2-8H,9-10H2,1H3,(H,23,25)/b12-6+. The van der Waals surface area contributed by atoms with Crippen LogP contribution in [0.4, 0.5) is 4.39 Å². The molecule has 1 aliphatic rings. The normalized spacial score (nSPS) is 16.4. The summed E-state index contributed by atoms with van der Waals surface area (Å²) in [6.45, 7) is -1.03. The van der Waals surface area contributed by atoms with Crippen LogP contribution < -0.4 is 10.1 Å². The molecule has 0 bridgehead atoms. The van der Waals surface area contributed by atoms with Gasteiger partial charge >= 0.3 is 0 Å². The zero-order chi connectivity index (χ0) is 22.1. The predicted molar refractivity (Wildman–Crippen MR) is 109 cm³/mol. The van der Waals surface area contributed by atoms with Crippen LogP contribution in [-0.2, 0) is 19.6 Å². The fourth-order valence-corrected chi connectivity index (χ4v) is 4.55. The van der Waals surface area contributed by atoms with Crippen LogP contribution in [0, 0.1) is 5.82 Å². The van der Waals surface area contributed by atoms with Gasteiger partial charge in [-0.15, -0.1) is 0 Å². The lowest BCUT2D eigenvalue weighted by Crippen LogP contribution is -2.40. The van der Waals surface area contributed by atoms with Crippen molar-refractivity contribution in [1.29, 1.82) is 0 Å². The van der Waals surface area contributed by atoms with E-state index in [1.165, 1.54) is 25.3 Å². The minimum atomic E-state index is -4.67. The van der Waals surface area contributed by atoms with E-state index in [1.54, 1.807) is 12.1 Å². The van der Waals surface area contributed by atoms with Crippen LogP contribution in [0.2, 0.25) is 10.0 Å². The quantitative estimate of drug-likeness (QED) is 0.690. The first kappa shape index (κ1) is 22.1. The van der Waals surface area contributed by atoms with Crippen molar-refractivity contribution in [3.05, 3.63) is 63.4 Å². The second-order valence-corrected chi connectivity index (χ2v) is 8.93. The highest BCUT2D eigenvalue weighted by Crippen LogP contribution is 2.28. The molecule has 0 unspecified atom stereocenters. The number of benzene rings is 2. The number of hydrogen-bond acceptors (Lipinski definition) is 5. The van der Waals surface area contributed by atoms with Crippen molar-refractivity contribution in [2.24, 2.45) is 0 Å². The summed E-state index contributed by atoms with van der Waals surface area (Å²) in [6.07, 6.45) is 1.36. The zero-order valence-corrected chi connectivity index (χ0v) is 17.8. The van der Waals surface area contributed by atoms with Crippen LogP contribution in [0.5, 0.6) is 5.75 Å². The van der Waals surface area contributed by atoms with E-state index in [0.717, 1.165) is 12.1 Å².